The Morgan fingerprint density at radius 2 is 1.50 bits per heavy atom. The maximum Gasteiger partial charge on any atom is 0.169 e. The fourth-order valence-corrected chi connectivity index (χ4v) is 1.80. The first-order valence-electron chi connectivity index (χ1n) is 6.05. The summed E-state index contributed by atoms with van der Waals surface area (Å²) >= 11 is 0. The van der Waals surface area contributed by atoms with Crippen molar-refractivity contribution in [3.05, 3.63) is 0 Å². The summed E-state index contributed by atoms with van der Waals surface area (Å²) in [7, 11) is 3.31. The number of ether oxygens (including phenoxy) is 2. The summed E-state index contributed by atoms with van der Waals surface area (Å²) in [4.78, 5) is 2.46. The molecule has 98 valence electrons. The van der Waals surface area contributed by atoms with Crippen molar-refractivity contribution in [3.8, 4) is 0 Å². The third kappa shape index (κ3) is 6.43. The Labute approximate surface area is 100 Å². The molecule has 0 spiro atoms. The first kappa shape index (κ1) is 15.8. The molecule has 0 amide bonds. The van der Waals surface area contributed by atoms with Crippen LogP contribution in [0.5, 0.6) is 0 Å². The van der Waals surface area contributed by atoms with Gasteiger partial charge in [0, 0.05) is 45.9 Å². The van der Waals surface area contributed by atoms with Crippen LogP contribution in [0.15, 0.2) is 0 Å². The summed E-state index contributed by atoms with van der Waals surface area (Å²) in [6, 6.07) is 1.17. The highest BCUT2D eigenvalue weighted by Gasteiger charge is 2.12. The molecule has 0 aliphatic rings. The third-order valence-corrected chi connectivity index (χ3v) is 2.71. The Balaban J connectivity index is 3.70. The second kappa shape index (κ2) is 8.93. The predicted octanol–water partition coefficient (Wildman–Crippen LogP) is 1.31. The first-order valence-corrected chi connectivity index (χ1v) is 6.05. The Morgan fingerprint density at radius 3 is 1.88 bits per heavy atom. The van der Waals surface area contributed by atoms with Gasteiger partial charge < -0.3 is 14.8 Å². The van der Waals surface area contributed by atoms with E-state index in [-0.39, 0.29) is 6.29 Å². The molecule has 16 heavy (non-hydrogen) atoms. The molecule has 0 aliphatic carbocycles. The van der Waals surface area contributed by atoms with Crippen molar-refractivity contribution >= 4 is 0 Å². The fraction of sp³-hybridized carbons (Fsp3) is 1.00. The number of hydrogen-bond acceptors (Lipinski definition) is 4. The van der Waals surface area contributed by atoms with Crippen LogP contribution in [0.2, 0.25) is 0 Å². The van der Waals surface area contributed by atoms with E-state index in [9.17, 15) is 0 Å². The van der Waals surface area contributed by atoms with Gasteiger partial charge in [-0.15, -0.1) is 0 Å². The lowest BCUT2D eigenvalue weighted by Gasteiger charge is -2.30. The van der Waals surface area contributed by atoms with Gasteiger partial charge in [0.1, 0.15) is 0 Å². The van der Waals surface area contributed by atoms with Gasteiger partial charge in [-0.2, -0.15) is 0 Å². The van der Waals surface area contributed by atoms with Gasteiger partial charge in [-0.25, -0.2) is 0 Å². The highest BCUT2D eigenvalue weighted by Crippen LogP contribution is 2.03. The Morgan fingerprint density at radius 1 is 1.00 bits per heavy atom. The molecule has 4 nitrogen and oxygen atoms in total. The lowest BCUT2D eigenvalue weighted by molar-refractivity contribution is -0.0988. The molecule has 0 aromatic rings. The monoisotopic (exact) mass is 232 g/mol. The van der Waals surface area contributed by atoms with Crippen molar-refractivity contribution in [2.45, 2.75) is 46.1 Å². The molecule has 0 aromatic heterocycles. The minimum absolute atomic E-state index is 0.147. The SMILES string of the molecule is COC(CNCCN(C(C)C)C(C)C)OC. The molecule has 0 radical (unpaired) electrons. The predicted molar refractivity (Wildman–Crippen MR) is 67.7 cm³/mol. The zero-order valence-corrected chi connectivity index (χ0v) is 11.6. The molecule has 1 N–H and O–H groups in total. The van der Waals surface area contributed by atoms with E-state index < -0.39 is 0 Å². The molecule has 0 heterocycles. The van der Waals surface area contributed by atoms with Gasteiger partial charge >= 0.3 is 0 Å². The molecular formula is C12H28N2O2. The standard InChI is InChI=1S/C12H28N2O2/c1-10(2)14(11(3)4)8-7-13-9-12(15-5)16-6/h10-13H,7-9H2,1-6H3. The number of nitrogens with zero attached hydrogens (tertiary/aromatic N) is 1. The second-order valence-corrected chi connectivity index (χ2v) is 4.53. The normalized spacial score (nSPS) is 12.4. The van der Waals surface area contributed by atoms with Crippen LogP contribution in [0.3, 0.4) is 0 Å². The van der Waals surface area contributed by atoms with Gasteiger partial charge in [-0.1, -0.05) is 0 Å². The molecular weight excluding hydrogens is 204 g/mol. The van der Waals surface area contributed by atoms with Gasteiger partial charge in [0.15, 0.2) is 6.29 Å². The summed E-state index contributed by atoms with van der Waals surface area (Å²) in [5.74, 6) is 0. The van der Waals surface area contributed by atoms with Crippen LogP contribution in [-0.4, -0.2) is 57.1 Å². The molecule has 0 fully saturated rings. The molecule has 0 rings (SSSR count). The molecule has 0 saturated carbocycles. The van der Waals surface area contributed by atoms with Crippen LogP contribution < -0.4 is 5.32 Å². The van der Waals surface area contributed by atoms with Crippen molar-refractivity contribution in [1.82, 2.24) is 10.2 Å². The zero-order chi connectivity index (χ0) is 12.6. The van der Waals surface area contributed by atoms with Crippen molar-refractivity contribution in [1.29, 1.82) is 0 Å². The molecule has 0 saturated heterocycles. The molecule has 0 atom stereocenters. The van der Waals surface area contributed by atoms with E-state index in [0.29, 0.717) is 12.1 Å². The maximum atomic E-state index is 5.10. The van der Waals surface area contributed by atoms with E-state index in [1.54, 1.807) is 14.2 Å². The zero-order valence-electron chi connectivity index (χ0n) is 11.6. The van der Waals surface area contributed by atoms with Gasteiger partial charge in [0.2, 0.25) is 0 Å². The Hall–Kier alpha value is -0.160. The number of rotatable bonds is 9. The average Bonchev–Trinajstić information content (AvgIpc) is 2.22. The van der Waals surface area contributed by atoms with Gasteiger partial charge in [-0.05, 0) is 27.7 Å². The van der Waals surface area contributed by atoms with Crippen LogP contribution in [0.25, 0.3) is 0 Å². The van der Waals surface area contributed by atoms with Gasteiger partial charge in [0.05, 0.1) is 0 Å². The Kier molecular flexibility index (Phi) is 8.84. The van der Waals surface area contributed by atoms with E-state index in [0.717, 1.165) is 19.6 Å². The minimum atomic E-state index is -0.147. The summed E-state index contributed by atoms with van der Waals surface area (Å²) in [6.07, 6.45) is -0.147. The number of hydrogen-bond donors (Lipinski definition) is 1. The van der Waals surface area contributed by atoms with E-state index in [1.807, 2.05) is 0 Å². The van der Waals surface area contributed by atoms with Crippen molar-refractivity contribution in [3.63, 3.8) is 0 Å². The van der Waals surface area contributed by atoms with E-state index in [4.69, 9.17) is 9.47 Å². The summed E-state index contributed by atoms with van der Waals surface area (Å²) in [5, 5.41) is 3.34. The lowest BCUT2D eigenvalue weighted by Crippen LogP contribution is -2.42. The van der Waals surface area contributed by atoms with Crippen molar-refractivity contribution in [2.24, 2.45) is 0 Å². The van der Waals surface area contributed by atoms with Crippen LogP contribution >= 0.6 is 0 Å². The van der Waals surface area contributed by atoms with Crippen LogP contribution in [0.1, 0.15) is 27.7 Å². The van der Waals surface area contributed by atoms with E-state index >= 15 is 0 Å². The lowest BCUT2D eigenvalue weighted by atomic mass is 10.2. The van der Waals surface area contributed by atoms with E-state index in [2.05, 4.69) is 37.9 Å². The van der Waals surface area contributed by atoms with Gasteiger partial charge in [0.25, 0.3) is 0 Å². The van der Waals surface area contributed by atoms with Crippen molar-refractivity contribution < 1.29 is 9.47 Å². The number of methoxy groups -OCH3 is 2. The highest BCUT2D eigenvalue weighted by atomic mass is 16.7. The molecule has 4 heteroatoms. The summed E-state index contributed by atoms with van der Waals surface area (Å²) in [5.41, 5.74) is 0. The second-order valence-electron chi connectivity index (χ2n) is 4.53. The highest BCUT2D eigenvalue weighted by molar-refractivity contribution is 4.68. The largest absolute Gasteiger partial charge is 0.355 e. The van der Waals surface area contributed by atoms with Crippen molar-refractivity contribution in [2.75, 3.05) is 33.9 Å². The molecule has 0 aliphatic heterocycles. The molecule has 0 bridgehead atoms. The van der Waals surface area contributed by atoms with Crippen LogP contribution in [0.4, 0.5) is 0 Å². The fourth-order valence-electron chi connectivity index (χ4n) is 1.80. The molecule has 0 aromatic carbocycles. The average molecular weight is 232 g/mol. The van der Waals surface area contributed by atoms with E-state index in [1.165, 1.54) is 0 Å². The van der Waals surface area contributed by atoms with Crippen LogP contribution in [0, 0.1) is 0 Å². The minimum Gasteiger partial charge on any atom is -0.355 e. The Bertz CT molecular complexity index is 151. The summed E-state index contributed by atoms with van der Waals surface area (Å²) < 4.78 is 10.2. The van der Waals surface area contributed by atoms with Gasteiger partial charge in [-0.3, -0.25) is 4.90 Å². The quantitative estimate of drug-likeness (QED) is 0.480. The third-order valence-electron chi connectivity index (χ3n) is 2.71. The smallest absolute Gasteiger partial charge is 0.169 e. The number of nitrogens with one attached hydrogen (secondary N) is 1. The molecule has 0 unspecified atom stereocenters. The summed E-state index contributed by atoms with van der Waals surface area (Å²) in [6.45, 7) is 11.7. The topological polar surface area (TPSA) is 33.7 Å². The first-order chi connectivity index (χ1) is 7.52. The van der Waals surface area contributed by atoms with Crippen LogP contribution in [-0.2, 0) is 9.47 Å². The maximum absolute atomic E-state index is 5.10.